The van der Waals surface area contributed by atoms with Crippen LogP contribution in [0, 0.1) is 0 Å². The maximum Gasteiger partial charge on any atom is 0.330 e. The van der Waals surface area contributed by atoms with Crippen LogP contribution in [-0.4, -0.2) is 11.6 Å². The van der Waals surface area contributed by atoms with Crippen molar-refractivity contribution in [2.24, 2.45) is 0 Å². The fraction of sp³-hybridized carbons (Fsp3) is 0.438. The number of hydrogen-bond donors (Lipinski definition) is 0. The molecule has 1 aliphatic carbocycles. The molecule has 0 N–H and O–H groups in total. The summed E-state index contributed by atoms with van der Waals surface area (Å²) < 4.78 is 6.36. The van der Waals surface area contributed by atoms with Crippen LogP contribution >= 0.6 is 15.9 Å². The van der Waals surface area contributed by atoms with E-state index in [2.05, 4.69) is 28.1 Å². The molecule has 19 heavy (non-hydrogen) atoms. The molecule has 3 heteroatoms. The first-order valence-corrected chi connectivity index (χ1v) is 7.28. The second kappa shape index (κ2) is 5.12. The van der Waals surface area contributed by atoms with Crippen LogP contribution in [0.2, 0.25) is 0 Å². The maximum absolute atomic E-state index is 11.7. The highest BCUT2D eigenvalue weighted by atomic mass is 79.9. The lowest BCUT2D eigenvalue weighted by Gasteiger charge is -2.18. The standard InChI is InChI=1S/C16H19BrO2/c1-15(2,3)19-14(18)8-9-16(10-11-16)12-4-6-13(17)7-5-12/h4-9H,10-11H2,1-3H3/b9-8+. The van der Waals surface area contributed by atoms with Crippen molar-refractivity contribution in [1.82, 2.24) is 0 Å². The number of ether oxygens (including phenoxy) is 1. The lowest BCUT2D eigenvalue weighted by atomic mass is 9.95. The van der Waals surface area contributed by atoms with Crippen LogP contribution in [0.4, 0.5) is 0 Å². The van der Waals surface area contributed by atoms with Gasteiger partial charge in [-0.1, -0.05) is 34.1 Å². The molecule has 2 nitrogen and oxygen atoms in total. The number of carbonyl (C=O) groups is 1. The number of halogens is 1. The molecule has 1 fully saturated rings. The van der Waals surface area contributed by atoms with Gasteiger partial charge in [-0.15, -0.1) is 0 Å². The third kappa shape index (κ3) is 3.93. The van der Waals surface area contributed by atoms with Gasteiger partial charge in [0.25, 0.3) is 0 Å². The molecule has 0 heterocycles. The predicted octanol–water partition coefficient (Wildman–Crippen LogP) is 4.38. The first-order valence-electron chi connectivity index (χ1n) is 6.49. The SMILES string of the molecule is CC(C)(C)OC(=O)/C=C/C1(c2ccc(Br)cc2)CC1. The van der Waals surface area contributed by atoms with Crippen molar-refractivity contribution >= 4 is 21.9 Å². The van der Waals surface area contributed by atoms with Gasteiger partial charge in [0.15, 0.2) is 0 Å². The number of esters is 1. The summed E-state index contributed by atoms with van der Waals surface area (Å²) in [7, 11) is 0. The highest BCUT2D eigenvalue weighted by molar-refractivity contribution is 9.10. The van der Waals surface area contributed by atoms with E-state index in [0.717, 1.165) is 17.3 Å². The van der Waals surface area contributed by atoms with Crippen LogP contribution in [-0.2, 0) is 14.9 Å². The zero-order chi connectivity index (χ0) is 14.1. The van der Waals surface area contributed by atoms with Gasteiger partial charge in [-0.25, -0.2) is 4.79 Å². The molecular formula is C16H19BrO2. The molecule has 0 amide bonds. The Kier molecular flexibility index (Phi) is 3.86. The van der Waals surface area contributed by atoms with Crippen molar-refractivity contribution in [3.8, 4) is 0 Å². The highest BCUT2D eigenvalue weighted by Crippen LogP contribution is 2.49. The molecular weight excluding hydrogens is 304 g/mol. The third-order valence-electron chi connectivity index (χ3n) is 3.15. The van der Waals surface area contributed by atoms with Crippen LogP contribution in [0.5, 0.6) is 0 Å². The Bertz CT molecular complexity index is 490. The topological polar surface area (TPSA) is 26.3 Å². The number of allylic oxidation sites excluding steroid dienone is 1. The van der Waals surface area contributed by atoms with E-state index < -0.39 is 5.60 Å². The molecule has 0 bridgehead atoms. The summed E-state index contributed by atoms with van der Waals surface area (Å²) >= 11 is 3.44. The van der Waals surface area contributed by atoms with Crippen molar-refractivity contribution in [2.45, 2.75) is 44.6 Å². The Morgan fingerprint density at radius 1 is 1.26 bits per heavy atom. The normalized spacial score (nSPS) is 17.5. The molecule has 0 aromatic heterocycles. The average Bonchev–Trinajstić information content (AvgIpc) is 3.06. The summed E-state index contributed by atoms with van der Waals surface area (Å²) in [6, 6.07) is 8.29. The van der Waals surface area contributed by atoms with E-state index in [9.17, 15) is 4.79 Å². The zero-order valence-electron chi connectivity index (χ0n) is 11.6. The lowest BCUT2D eigenvalue weighted by Crippen LogP contribution is -2.22. The van der Waals surface area contributed by atoms with Crippen molar-refractivity contribution < 1.29 is 9.53 Å². The monoisotopic (exact) mass is 322 g/mol. The van der Waals surface area contributed by atoms with Crippen molar-refractivity contribution in [1.29, 1.82) is 0 Å². The molecule has 1 saturated carbocycles. The quantitative estimate of drug-likeness (QED) is 0.609. The summed E-state index contributed by atoms with van der Waals surface area (Å²) in [5.74, 6) is -0.268. The van der Waals surface area contributed by atoms with Gasteiger partial charge in [0, 0.05) is 16.0 Å². The molecule has 0 saturated heterocycles. The van der Waals surface area contributed by atoms with Gasteiger partial charge < -0.3 is 4.74 Å². The molecule has 0 radical (unpaired) electrons. The van der Waals surface area contributed by atoms with E-state index in [1.807, 2.05) is 39.0 Å². The number of hydrogen-bond acceptors (Lipinski definition) is 2. The fourth-order valence-corrected chi connectivity index (χ4v) is 2.30. The number of benzene rings is 1. The molecule has 0 atom stereocenters. The van der Waals surface area contributed by atoms with Crippen LogP contribution in [0.3, 0.4) is 0 Å². The second-order valence-electron chi connectivity index (χ2n) is 6.03. The van der Waals surface area contributed by atoms with Crippen LogP contribution in [0.15, 0.2) is 40.9 Å². The second-order valence-corrected chi connectivity index (χ2v) is 6.95. The summed E-state index contributed by atoms with van der Waals surface area (Å²) in [5.41, 5.74) is 0.864. The molecule has 1 aromatic carbocycles. The first kappa shape index (κ1) is 14.3. The number of carbonyl (C=O) groups excluding carboxylic acids is 1. The van der Waals surface area contributed by atoms with Gasteiger partial charge in [-0.05, 0) is 51.3 Å². The summed E-state index contributed by atoms with van der Waals surface area (Å²) in [6.45, 7) is 5.63. The lowest BCUT2D eigenvalue weighted by molar-refractivity contribution is -0.148. The van der Waals surface area contributed by atoms with Crippen molar-refractivity contribution in [3.63, 3.8) is 0 Å². The van der Waals surface area contributed by atoms with E-state index in [-0.39, 0.29) is 11.4 Å². The van der Waals surface area contributed by atoms with Crippen LogP contribution in [0.25, 0.3) is 0 Å². The third-order valence-corrected chi connectivity index (χ3v) is 3.68. The van der Waals surface area contributed by atoms with Gasteiger partial charge >= 0.3 is 5.97 Å². The van der Waals surface area contributed by atoms with E-state index >= 15 is 0 Å². The fourth-order valence-electron chi connectivity index (χ4n) is 2.03. The average molecular weight is 323 g/mol. The predicted molar refractivity (Wildman–Crippen MR) is 80.0 cm³/mol. The van der Waals surface area contributed by atoms with E-state index in [4.69, 9.17) is 4.74 Å². The van der Waals surface area contributed by atoms with Gasteiger partial charge in [-0.2, -0.15) is 0 Å². The number of rotatable bonds is 3. The van der Waals surface area contributed by atoms with E-state index in [1.165, 1.54) is 5.56 Å². The summed E-state index contributed by atoms with van der Waals surface area (Å²) in [4.78, 5) is 11.7. The molecule has 0 aliphatic heterocycles. The minimum Gasteiger partial charge on any atom is -0.457 e. The molecule has 1 aliphatic rings. The highest BCUT2D eigenvalue weighted by Gasteiger charge is 2.41. The molecule has 1 aromatic rings. The largest absolute Gasteiger partial charge is 0.457 e. The molecule has 0 spiro atoms. The Balaban J connectivity index is 2.06. The van der Waals surface area contributed by atoms with E-state index in [1.54, 1.807) is 6.08 Å². The van der Waals surface area contributed by atoms with E-state index in [0.29, 0.717) is 0 Å². The van der Waals surface area contributed by atoms with Gasteiger partial charge in [0.1, 0.15) is 5.60 Å². The van der Waals surface area contributed by atoms with Crippen molar-refractivity contribution in [3.05, 3.63) is 46.5 Å². The minimum atomic E-state index is -0.435. The smallest absolute Gasteiger partial charge is 0.330 e. The Morgan fingerprint density at radius 2 is 1.84 bits per heavy atom. The Morgan fingerprint density at radius 3 is 2.32 bits per heavy atom. The Hall–Kier alpha value is -1.09. The van der Waals surface area contributed by atoms with Gasteiger partial charge in [0.05, 0.1) is 0 Å². The van der Waals surface area contributed by atoms with Crippen LogP contribution < -0.4 is 0 Å². The summed E-state index contributed by atoms with van der Waals surface area (Å²) in [6.07, 6.45) is 5.74. The zero-order valence-corrected chi connectivity index (χ0v) is 13.2. The first-order chi connectivity index (χ1) is 8.81. The maximum atomic E-state index is 11.7. The van der Waals surface area contributed by atoms with Crippen LogP contribution in [0.1, 0.15) is 39.2 Å². The molecule has 2 rings (SSSR count). The van der Waals surface area contributed by atoms with Gasteiger partial charge in [0.2, 0.25) is 0 Å². The summed E-state index contributed by atoms with van der Waals surface area (Å²) in [5, 5.41) is 0. The van der Waals surface area contributed by atoms with Gasteiger partial charge in [-0.3, -0.25) is 0 Å². The Labute approximate surface area is 123 Å². The molecule has 0 unspecified atom stereocenters. The molecule has 102 valence electrons. The minimum absolute atomic E-state index is 0.0393. The van der Waals surface area contributed by atoms with Crippen molar-refractivity contribution in [2.75, 3.05) is 0 Å².